The van der Waals surface area contributed by atoms with Crippen molar-refractivity contribution >= 4 is 26.2 Å². The first-order valence-corrected chi connectivity index (χ1v) is 14.4. The molecule has 0 saturated carbocycles. The van der Waals surface area contributed by atoms with Gasteiger partial charge in [-0.15, -0.1) is 0 Å². The summed E-state index contributed by atoms with van der Waals surface area (Å²) in [5.74, 6) is 1.48. The van der Waals surface area contributed by atoms with Crippen LogP contribution in [0.15, 0.2) is 97.1 Å². The number of ether oxygens (including phenoxy) is 2. The topological polar surface area (TPSA) is 52.6 Å². The Bertz CT molecular complexity index is 1230. The molecular weight excluding hydrogens is 462 g/mol. The Morgan fingerprint density at radius 2 is 0.824 bits per heavy atom. The van der Waals surface area contributed by atoms with Crippen LogP contribution in [-0.4, -0.2) is 26.5 Å². The van der Waals surface area contributed by atoms with E-state index >= 15 is 0 Å². The summed E-state index contributed by atoms with van der Waals surface area (Å²) in [5, 5.41) is 1.59. The lowest BCUT2D eigenvalue weighted by molar-refractivity contribution is 0.416. The minimum atomic E-state index is -2.16. The average molecular weight is 490 g/mol. The second-order valence-corrected chi connectivity index (χ2v) is 11.6. The molecule has 0 aromatic heterocycles. The molecule has 0 aliphatic heterocycles. The van der Waals surface area contributed by atoms with Crippen LogP contribution in [-0.2, 0) is 9.13 Å². The Morgan fingerprint density at radius 1 is 0.500 bits per heavy atom. The molecule has 34 heavy (non-hydrogen) atoms. The molecule has 4 nitrogen and oxygen atoms in total. The van der Waals surface area contributed by atoms with Crippen LogP contribution in [0.3, 0.4) is 0 Å². The highest BCUT2D eigenvalue weighted by Gasteiger charge is 2.17. The van der Waals surface area contributed by atoms with E-state index in [1.165, 1.54) is 0 Å². The molecule has 174 valence electrons. The van der Waals surface area contributed by atoms with E-state index in [-0.39, 0.29) is 0 Å². The third kappa shape index (κ3) is 5.20. The predicted octanol–water partition coefficient (Wildman–Crippen LogP) is 6.11. The largest absolute Gasteiger partial charge is 0.496 e. The Balaban J connectivity index is 1.58. The lowest BCUT2D eigenvalue weighted by Crippen LogP contribution is -2.08. The van der Waals surface area contributed by atoms with Gasteiger partial charge in [-0.05, 0) is 23.3 Å². The molecule has 0 aliphatic carbocycles. The minimum Gasteiger partial charge on any atom is -0.496 e. The van der Waals surface area contributed by atoms with Gasteiger partial charge in [0, 0.05) is 34.1 Å². The maximum absolute atomic E-state index is 13.4. The fraction of sp³-hybridized carbons (Fsp3) is 0.143. The third-order valence-corrected chi connectivity index (χ3v) is 9.81. The molecule has 4 aromatic rings. The summed E-state index contributed by atoms with van der Waals surface area (Å²) in [6.07, 6.45) is 0.768. The molecule has 0 saturated heterocycles. The van der Waals surface area contributed by atoms with Gasteiger partial charge in [0.15, 0.2) is 0 Å². The molecule has 6 heteroatoms. The third-order valence-electron chi connectivity index (χ3n) is 5.83. The summed E-state index contributed by atoms with van der Waals surface area (Å²) in [7, 11) is -1.06. The molecule has 2 atom stereocenters. The van der Waals surface area contributed by atoms with Crippen molar-refractivity contribution in [2.24, 2.45) is 0 Å². The maximum atomic E-state index is 13.4. The molecule has 4 rings (SSSR count). The first kappa shape index (κ1) is 24.1. The zero-order chi connectivity index (χ0) is 23.9. The molecule has 0 aliphatic rings. The molecule has 2 unspecified atom stereocenters. The Morgan fingerprint density at radius 3 is 1.21 bits per heavy atom. The van der Waals surface area contributed by atoms with Gasteiger partial charge in [0.25, 0.3) is 0 Å². The highest BCUT2D eigenvalue weighted by atomic mass is 31.1. The van der Waals surface area contributed by atoms with Crippen molar-refractivity contribution in [2.75, 3.05) is 26.5 Å². The molecule has 0 fully saturated rings. The van der Waals surface area contributed by atoms with E-state index in [1.807, 2.05) is 97.1 Å². The van der Waals surface area contributed by atoms with Gasteiger partial charge < -0.3 is 18.6 Å². The van der Waals surface area contributed by atoms with Crippen molar-refractivity contribution in [2.45, 2.75) is 0 Å². The summed E-state index contributed by atoms with van der Waals surface area (Å²) in [6, 6.07) is 30.9. The van der Waals surface area contributed by atoms with Crippen molar-refractivity contribution in [3.63, 3.8) is 0 Å². The number of para-hydroxylation sites is 2. The first-order chi connectivity index (χ1) is 16.6. The zero-order valence-corrected chi connectivity index (χ0v) is 21.3. The summed E-state index contributed by atoms with van der Waals surface area (Å²) in [6.45, 7) is 0. The van der Waals surface area contributed by atoms with Gasteiger partial charge in [-0.3, -0.25) is 0 Å². The number of hydrogen-bond donors (Lipinski definition) is 0. The Labute approximate surface area is 202 Å². The van der Waals surface area contributed by atoms with E-state index in [0.717, 1.165) is 44.4 Å². The van der Waals surface area contributed by atoms with Crippen molar-refractivity contribution in [1.29, 1.82) is 0 Å². The highest BCUT2D eigenvalue weighted by Crippen LogP contribution is 2.37. The normalized spacial score (nSPS) is 12.6. The van der Waals surface area contributed by atoms with Gasteiger partial charge >= 0.3 is 0 Å². The van der Waals surface area contributed by atoms with Crippen LogP contribution < -0.4 is 20.1 Å². The second-order valence-electron chi connectivity index (χ2n) is 7.84. The monoisotopic (exact) mass is 490 g/mol. The Kier molecular flexibility index (Phi) is 8.06. The Hall–Kier alpha value is -3.06. The maximum Gasteiger partial charge on any atom is 0.126 e. The molecule has 0 heterocycles. The smallest absolute Gasteiger partial charge is 0.126 e. The highest BCUT2D eigenvalue weighted by molar-refractivity contribution is 7.58. The number of benzene rings is 4. The molecule has 0 amide bonds. The van der Waals surface area contributed by atoms with Crippen LogP contribution in [0.5, 0.6) is 11.5 Å². The van der Waals surface area contributed by atoms with Gasteiger partial charge in [0.05, 0.1) is 14.2 Å². The van der Waals surface area contributed by atoms with Crippen LogP contribution >= 0.6 is 15.6 Å². The van der Waals surface area contributed by atoms with Gasteiger partial charge in [-0.2, -0.15) is 0 Å². The fourth-order valence-electron chi connectivity index (χ4n) is 4.15. The number of rotatable bonds is 9. The molecule has 0 radical (unpaired) electrons. The van der Waals surface area contributed by atoms with Gasteiger partial charge in [-0.25, -0.2) is 0 Å². The van der Waals surface area contributed by atoms with Gasteiger partial charge in [0.1, 0.15) is 27.1 Å². The quantitative estimate of drug-likeness (QED) is 0.266. The predicted molar refractivity (Wildman–Crippen MR) is 144 cm³/mol. The number of hydrogen-bond acceptors (Lipinski definition) is 4. The van der Waals surface area contributed by atoms with Crippen molar-refractivity contribution in [3.05, 3.63) is 97.1 Å². The van der Waals surface area contributed by atoms with E-state index in [4.69, 9.17) is 9.47 Å². The molecular formula is C28H28O4P2. The summed E-state index contributed by atoms with van der Waals surface area (Å²) < 4.78 is 37.9. The van der Waals surface area contributed by atoms with E-state index in [1.54, 1.807) is 14.2 Å². The van der Waals surface area contributed by atoms with Crippen LogP contribution in [0.2, 0.25) is 0 Å². The number of methoxy groups -OCH3 is 2. The van der Waals surface area contributed by atoms with E-state index in [2.05, 4.69) is 0 Å². The standard InChI is InChI=1S/C28H28O4P2/c1-31-25-15-7-3-11-21(25)23-13-5-9-17-27(23)33(29)19-20-34(30)28-18-10-6-14-24(28)22-12-4-8-16-26(22)32-2/h3-18,33-34H,19-20H2,1-2H3. The van der Waals surface area contributed by atoms with E-state index in [0.29, 0.717) is 12.3 Å². The van der Waals surface area contributed by atoms with E-state index < -0.39 is 15.6 Å². The van der Waals surface area contributed by atoms with Crippen molar-refractivity contribution < 1.29 is 18.6 Å². The second kappa shape index (κ2) is 11.4. The fourth-order valence-corrected chi connectivity index (χ4v) is 8.11. The van der Waals surface area contributed by atoms with Gasteiger partial charge in [-0.1, -0.05) is 84.9 Å². The van der Waals surface area contributed by atoms with Crippen molar-refractivity contribution in [1.82, 2.24) is 0 Å². The SMILES string of the molecule is COc1ccccc1-c1ccccc1[PH](=O)CC[PH](=O)c1ccccc1-c1ccccc1OC. The first-order valence-electron chi connectivity index (χ1n) is 11.1. The lowest BCUT2D eigenvalue weighted by Gasteiger charge is -2.14. The average Bonchev–Trinajstić information content (AvgIpc) is 2.91. The minimum absolute atomic E-state index is 0.384. The summed E-state index contributed by atoms with van der Waals surface area (Å²) in [4.78, 5) is 0. The molecule has 0 N–H and O–H groups in total. The molecule has 4 aromatic carbocycles. The molecule has 0 spiro atoms. The van der Waals surface area contributed by atoms with Crippen LogP contribution in [0.4, 0.5) is 0 Å². The van der Waals surface area contributed by atoms with E-state index in [9.17, 15) is 9.13 Å². The van der Waals surface area contributed by atoms with Crippen LogP contribution in [0.25, 0.3) is 22.3 Å². The zero-order valence-electron chi connectivity index (χ0n) is 19.3. The van der Waals surface area contributed by atoms with Gasteiger partial charge in [0.2, 0.25) is 0 Å². The summed E-state index contributed by atoms with van der Waals surface area (Å²) in [5.41, 5.74) is 3.62. The van der Waals surface area contributed by atoms with Crippen LogP contribution in [0, 0.1) is 0 Å². The van der Waals surface area contributed by atoms with Crippen molar-refractivity contribution in [3.8, 4) is 33.8 Å². The molecule has 0 bridgehead atoms. The lowest BCUT2D eigenvalue weighted by atomic mass is 10.0. The summed E-state index contributed by atoms with van der Waals surface area (Å²) >= 11 is 0. The van der Waals surface area contributed by atoms with Crippen LogP contribution in [0.1, 0.15) is 0 Å².